The zero-order valence-corrected chi connectivity index (χ0v) is 15.6. The molecule has 2 N–H and O–H groups in total. The van der Waals surface area contributed by atoms with Crippen molar-refractivity contribution in [3.63, 3.8) is 0 Å². The number of hydrogen-bond donors (Lipinski definition) is 2. The maximum Gasteiger partial charge on any atom is 0.407 e. The van der Waals surface area contributed by atoms with Gasteiger partial charge in [0.2, 0.25) is 0 Å². The van der Waals surface area contributed by atoms with Crippen LogP contribution in [0.2, 0.25) is 0 Å². The van der Waals surface area contributed by atoms with E-state index in [-0.39, 0.29) is 37.7 Å². The molecular formula is C18H18N4O8. The van der Waals surface area contributed by atoms with Crippen molar-refractivity contribution in [2.75, 3.05) is 13.1 Å². The summed E-state index contributed by atoms with van der Waals surface area (Å²) in [6.07, 6.45) is -1.43. The SMILES string of the molecule is O=C(NCCNC(=O)OCc1ccc([N+](=O)[O-])cc1)OCc1ccc([N+](=O)[O-])cc1. The lowest BCUT2D eigenvalue weighted by Gasteiger charge is -2.09. The van der Waals surface area contributed by atoms with Crippen molar-refractivity contribution in [2.24, 2.45) is 0 Å². The maximum atomic E-state index is 11.6. The number of nitrogens with zero attached hydrogens (tertiary/aromatic N) is 2. The number of non-ortho nitro benzene ring substituents is 2. The summed E-state index contributed by atoms with van der Waals surface area (Å²) >= 11 is 0. The molecule has 12 heteroatoms. The van der Waals surface area contributed by atoms with Crippen molar-refractivity contribution in [1.29, 1.82) is 0 Å². The van der Waals surface area contributed by atoms with Crippen LogP contribution >= 0.6 is 0 Å². The molecular weight excluding hydrogens is 400 g/mol. The first-order valence-electron chi connectivity index (χ1n) is 8.63. The zero-order chi connectivity index (χ0) is 21.9. The molecule has 2 aromatic rings. The Balaban J connectivity index is 1.58. The summed E-state index contributed by atoms with van der Waals surface area (Å²) in [6, 6.07) is 11.2. The third-order valence-electron chi connectivity index (χ3n) is 3.70. The summed E-state index contributed by atoms with van der Waals surface area (Å²) in [5.74, 6) is 0. The minimum Gasteiger partial charge on any atom is -0.445 e. The first-order valence-corrected chi connectivity index (χ1v) is 8.63. The van der Waals surface area contributed by atoms with Gasteiger partial charge >= 0.3 is 12.2 Å². The van der Waals surface area contributed by atoms with Gasteiger partial charge in [-0.1, -0.05) is 0 Å². The molecule has 0 aliphatic heterocycles. The van der Waals surface area contributed by atoms with E-state index in [0.29, 0.717) is 11.1 Å². The Morgan fingerprint density at radius 1 is 0.700 bits per heavy atom. The largest absolute Gasteiger partial charge is 0.445 e. The van der Waals surface area contributed by atoms with Crippen molar-refractivity contribution in [1.82, 2.24) is 10.6 Å². The van der Waals surface area contributed by atoms with Crippen LogP contribution in [0.25, 0.3) is 0 Å². The zero-order valence-electron chi connectivity index (χ0n) is 15.6. The number of nitrogens with one attached hydrogen (secondary N) is 2. The number of nitro groups is 2. The van der Waals surface area contributed by atoms with Crippen molar-refractivity contribution in [2.45, 2.75) is 13.2 Å². The number of amides is 2. The summed E-state index contributed by atoms with van der Waals surface area (Å²) in [5, 5.41) is 26.0. The fraction of sp³-hybridized carbons (Fsp3) is 0.222. The van der Waals surface area contributed by atoms with Crippen LogP contribution in [0.1, 0.15) is 11.1 Å². The Morgan fingerprint density at radius 2 is 1.03 bits per heavy atom. The normalized spacial score (nSPS) is 10.0. The molecule has 0 saturated heterocycles. The third-order valence-corrected chi connectivity index (χ3v) is 3.70. The minimum absolute atomic E-state index is 0.0604. The van der Waals surface area contributed by atoms with Crippen molar-refractivity contribution < 1.29 is 28.9 Å². The molecule has 0 radical (unpaired) electrons. The molecule has 0 spiro atoms. The third kappa shape index (κ3) is 7.42. The molecule has 2 amide bonds. The van der Waals surface area contributed by atoms with Crippen molar-refractivity contribution >= 4 is 23.6 Å². The second-order valence-corrected chi connectivity index (χ2v) is 5.85. The summed E-state index contributed by atoms with van der Waals surface area (Å²) in [4.78, 5) is 43.3. The molecule has 2 aromatic carbocycles. The average Bonchev–Trinajstić information content (AvgIpc) is 2.74. The molecule has 0 aliphatic carbocycles. The van der Waals surface area contributed by atoms with Gasteiger partial charge in [0.05, 0.1) is 9.85 Å². The Morgan fingerprint density at radius 3 is 1.33 bits per heavy atom. The van der Waals surface area contributed by atoms with Gasteiger partial charge in [-0.2, -0.15) is 0 Å². The highest BCUT2D eigenvalue weighted by Gasteiger charge is 2.08. The van der Waals surface area contributed by atoms with E-state index in [1.54, 1.807) is 0 Å². The van der Waals surface area contributed by atoms with Crippen LogP contribution in [0.4, 0.5) is 21.0 Å². The van der Waals surface area contributed by atoms with Gasteiger partial charge < -0.3 is 20.1 Å². The monoisotopic (exact) mass is 418 g/mol. The Hall–Kier alpha value is -4.22. The predicted octanol–water partition coefficient (Wildman–Crippen LogP) is 2.66. The van der Waals surface area contributed by atoms with Crippen LogP contribution in [0.3, 0.4) is 0 Å². The Labute approximate surface area is 170 Å². The number of rotatable bonds is 9. The topological polar surface area (TPSA) is 163 Å². The number of nitro benzene ring substituents is 2. The van der Waals surface area contributed by atoms with Crippen molar-refractivity contribution in [3.05, 3.63) is 79.9 Å². The van der Waals surface area contributed by atoms with Gasteiger partial charge in [-0.3, -0.25) is 20.2 Å². The van der Waals surface area contributed by atoms with E-state index < -0.39 is 22.0 Å². The molecule has 0 fully saturated rings. The van der Waals surface area contributed by atoms with Gasteiger partial charge in [0, 0.05) is 37.4 Å². The van der Waals surface area contributed by atoms with Gasteiger partial charge in [-0.05, 0) is 35.4 Å². The van der Waals surface area contributed by atoms with Gasteiger partial charge in [0.25, 0.3) is 11.4 Å². The van der Waals surface area contributed by atoms with E-state index in [9.17, 15) is 29.8 Å². The molecule has 0 atom stereocenters. The number of ether oxygens (including phenoxy) is 2. The van der Waals surface area contributed by atoms with Crippen LogP contribution in [0, 0.1) is 20.2 Å². The molecule has 0 bridgehead atoms. The Bertz CT molecular complexity index is 824. The number of carbonyl (C=O) groups excluding carboxylic acids is 2. The number of hydrogen-bond acceptors (Lipinski definition) is 8. The molecule has 0 aromatic heterocycles. The lowest BCUT2D eigenvalue weighted by Crippen LogP contribution is -2.35. The first kappa shape index (κ1) is 22.1. The van der Waals surface area contributed by atoms with Crippen molar-refractivity contribution in [3.8, 4) is 0 Å². The number of carbonyl (C=O) groups is 2. The van der Waals surface area contributed by atoms with E-state index in [2.05, 4.69) is 10.6 Å². The number of benzene rings is 2. The highest BCUT2D eigenvalue weighted by molar-refractivity contribution is 5.68. The van der Waals surface area contributed by atoms with Crippen LogP contribution in [0.15, 0.2) is 48.5 Å². The fourth-order valence-corrected chi connectivity index (χ4v) is 2.16. The summed E-state index contributed by atoms with van der Waals surface area (Å²) in [7, 11) is 0. The average molecular weight is 418 g/mol. The maximum absolute atomic E-state index is 11.6. The lowest BCUT2D eigenvalue weighted by atomic mass is 10.2. The van der Waals surface area contributed by atoms with Crippen LogP contribution in [-0.2, 0) is 22.7 Å². The van der Waals surface area contributed by atoms with Gasteiger partial charge in [0.15, 0.2) is 0 Å². The first-order chi connectivity index (χ1) is 14.3. The second-order valence-electron chi connectivity index (χ2n) is 5.85. The number of alkyl carbamates (subject to hydrolysis) is 2. The Kier molecular flexibility index (Phi) is 8.05. The molecule has 0 unspecified atom stereocenters. The van der Waals surface area contributed by atoms with E-state index in [1.165, 1.54) is 48.5 Å². The quantitative estimate of drug-likeness (QED) is 0.356. The highest BCUT2D eigenvalue weighted by Crippen LogP contribution is 2.13. The molecule has 2 rings (SSSR count). The van der Waals surface area contributed by atoms with Gasteiger partial charge in [-0.15, -0.1) is 0 Å². The molecule has 0 heterocycles. The van der Waals surface area contributed by atoms with Gasteiger partial charge in [-0.25, -0.2) is 9.59 Å². The van der Waals surface area contributed by atoms with Crippen LogP contribution in [-0.4, -0.2) is 35.1 Å². The standard InChI is InChI=1S/C18H18N4O8/c23-17(29-11-13-1-5-15(6-2-13)21(25)26)19-9-10-20-18(24)30-12-14-3-7-16(8-4-14)22(27)28/h1-8H,9-12H2,(H,19,23)(H,20,24). The molecule has 0 aliphatic rings. The van der Waals surface area contributed by atoms with Gasteiger partial charge in [0.1, 0.15) is 13.2 Å². The molecule has 0 saturated carbocycles. The molecule has 30 heavy (non-hydrogen) atoms. The summed E-state index contributed by atoms with van der Waals surface area (Å²) in [6.45, 7) is 0.0561. The molecule has 12 nitrogen and oxygen atoms in total. The van der Waals surface area contributed by atoms with Crippen LogP contribution < -0.4 is 10.6 Å². The van der Waals surface area contributed by atoms with E-state index in [0.717, 1.165) is 0 Å². The smallest absolute Gasteiger partial charge is 0.407 e. The second kappa shape index (κ2) is 10.9. The van der Waals surface area contributed by atoms with E-state index in [4.69, 9.17) is 9.47 Å². The predicted molar refractivity (Wildman–Crippen MR) is 103 cm³/mol. The molecule has 158 valence electrons. The fourth-order valence-electron chi connectivity index (χ4n) is 2.16. The summed E-state index contributed by atoms with van der Waals surface area (Å²) < 4.78 is 9.91. The van der Waals surface area contributed by atoms with E-state index in [1.807, 2.05) is 0 Å². The van der Waals surface area contributed by atoms with E-state index >= 15 is 0 Å². The summed E-state index contributed by atoms with van der Waals surface area (Å²) in [5.41, 5.74) is 1.05. The van der Waals surface area contributed by atoms with Crippen LogP contribution in [0.5, 0.6) is 0 Å². The lowest BCUT2D eigenvalue weighted by molar-refractivity contribution is -0.385. The minimum atomic E-state index is -0.714. The highest BCUT2D eigenvalue weighted by atomic mass is 16.6.